The number of rotatable bonds is 4. The van der Waals surface area contributed by atoms with Crippen molar-refractivity contribution in [1.29, 1.82) is 0 Å². The SMILES string of the molecule is CC(C)C(C)C(O)Cc1c(F)cccc1F. The average molecular weight is 228 g/mol. The molecule has 90 valence electrons. The van der Waals surface area contributed by atoms with Crippen molar-refractivity contribution in [2.75, 3.05) is 0 Å². The number of benzene rings is 1. The van der Waals surface area contributed by atoms with Gasteiger partial charge in [0.05, 0.1) is 6.10 Å². The van der Waals surface area contributed by atoms with Gasteiger partial charge in [0.25, 0.3) is 0 Å². The molecule has 0 saturated heterocycles. The lowest BCUT2D eigenvalue weighted by Gasteiger charge is -2.22. The van der Waals surface area contributed by atoms with Gasteiger partial charge < -0.3 is 5.11 Å². The highest BCUT2D eigenvalue weighted by molar-refractivity contribution is 5.20. The molecule has 3 heteroatoms. The van der Waals surface area contributed by atoms with Gasteiger partial charge in [-0.3, -0.25) is 0 Å². The predicted molar refractivity (Wildman–Crippen MR) is 60.1 cm³/mol. The highest BCUT2D eigenvalue weighted by Crippen LogP contribution is 2.21. The van der Waals surface area contributed by atoms with Crippen LogP contribution >= 0.6 is 0 Å². The van der Waals surface area contributed by atoms with Crippen LogP contribution in [0.15, 0.2) is 18.2 Å². The van der Waals surface area contributed by atoms with Gasteiger partial charge in [-0.05, 0) is 24.0 Å². The van der Waals surface area contributed by atoms with Crippen LogP contribution in [0.4, 0.5) is 8.78 Å². The third-order valence-electron chi connectivity index (χ3n) is 3.13. The summed E-state index contributed by atoms with van der Waals surface area (Å²) >= 11 is 0. The van der Waals surface area contributed by atoms with Crippen LogP contribution < -0.4 is 0 Å². The monoisotopic (exact) mass is 228 g/mol. The topological polar surface area (TPSA) is 20.2 Å². The van der Waals surface area contributed by atoms with Gasteiger partial charge in [0.1, 0.15) is 11.6 Å². The number of aliphatic hydroxyl groups excluding tert-OH is 1. The van der Waals surface area contributed by atoms with Gasteiger partial charge in [-0.1, -0.05) is 26.8 Å². The summed E-state index contributed by atoms with van der Waals surface area (Å²) in [5, 5.41) is 9.86. The molecule has 0 bridgehead atoms. The normalized spacial score (nSPS) is 15.2. The first-order chi connectivity index (χ1) is 7.43. The zero-order valence-electron chi connectivity index (χ0n) is 9.87. The van der Waals surface area contributed by atoms with Crippen LogP contribution in [0, 0.1) is 23.5 Å². The largest absolute Gasteiger partial charge is 0.392 e. The van der Waals surface area contributed by atoms with E-state index in [1.54, 1.807) is 0 Å². The Morgan fingerprint density at radius 1 is 1.12 bits per heavy atom. The van der Waals surface area contributed by atoms with Crippen molar-refractivity contribution in [2.24, 2.45) is 11.8 Å². The van der Waals surface area contributed by atoms with Gasteiger partial charge in [0.2, 0.25) is 0 Å². The van der Waals surface area contributed by atoms with Gasteiger partial charge in [-0.2, -0.15) is 0 Å². The maximum absolute atomic E-state index is 13.3. The molecule has 1 nitrogen and oxygen atoms in total. The Morgan fingerprint density at radius 2 is 1.62 bits per heavy atom. The summed E-state index contributed by atoms with van der Waals surface area (Å²) in [7, 11) is 0. The van der Waals surface area contributed by atoms with Crippen molar-refractivity contribution >= 4 is 0 Å². The standard InChI is InChI=1S/C13H18F2O/c1-8(2)9(3)13(16)7-10-11(14)5-4-6-12(10)15/h4-6,8-9,13,16H,7H2,1-3H3. The van der Waals surface area contributed by atoms with Gasteiger partial charge >= 0.3 is 0 Å². The van der Waals surface area contributed by atoms with Gasteiger partial charge in [0.15, 0.2) is 0 Å². The molecule has 0 aliphatic heterocycles. The molecule has 0 spiro atoms. The molecule has 0 amide bonds. The van der Waals surface area contributed by atoms with Crippen LogP contribution in [0.5, 0.6) is 0 Å². The molecule has 0 radical (unpaired) electrons. The fraction of sp³-hybridized carbons (Fsp3) is 0.538. The Hall–Kier alpha value is -0.960. The zero-order valence-corrected chi connectivity index (χ0v) is 9.87. The Balaban J connectivity index is 2.80. The molecule has 1 N–H and O–H groups in total. The van der Waals surface area contributed by atoms with Crippen molar-refractivity contribution in [1.82, 2.24) is 0 Å². The molecule has 0 aliphatic rings. The molecule has 2 atom stereocenters. The molecule has 16 heavy (non-hydrogen) atoms. The van der Waals surface area contributed by atoms with Crippen LogP contribution in [0.25, 0.3) is 0 Å². The molecular weight excluding hydrogens is 210 g/mol. The first-order valence-electron chi connectivity index (χ1n) is 5.54. The fourth-order valence-electron chi connectivity index (χ4n) is 1.57. The Kier molecular flexibility index (Phi) is 4.42. The molecule has 0 aromatic heterocycles. The third-order valence-corrected chi connectivity index (χ3v) is 3.13. The van der Waals surface area contributed by atoms with Crippen LogP contribution in [-0.4, -0.2) is 11.2 Å². The zero-order chi connectivity index (χ0) is 12.3. The number of hydrogen-bond donors (Lipinski definition) is 1. The summed E-state index contributed by atoms with van der Waals surface area (Å²) in [6.07, 6.45) is -0.691. The third kappa shape index (κ3) is 3.01. The smallest absolute Gasteiger partial charge is 0.129 e. The quantitative estimate of drug-likeness (QED) is 0.839. The lowest BCUT2D eigenvalue weighted by atomic mass is 9.88. The second-order valence-electron chi connectivity index (χ2n) is 4.57. The predicted octanol–water partition coefficient (Wildman–Crippen LogP) is 3.16. The van der Waals surface area contributed by atoms with E-state index in [9.17, 15) is 13.9 Å². The van der Waals surface area contributed by atoms with E-state index < -0.39 is 17.7 Å². The van der Waals surface area contributed by atoms with Gasteiger partial charge in [0, 0.05) is 12.0 Å². The van der Waals surface area contributed by atoms with Crippen molar-refractivity contribution in [2.45, 2.75) is 33.3 Å². The van der Waals surface area contributed by atoms with Crippen molar-refractivity contribution in [3.8, 4) is 0 Å². The molecule has 0 aliphatic carbocycles. The van der Waals surface area contributed by atoms with Crippen LogP contribution in [0.2, 0.25) is 0 Å². The summed E-state index contributed by atoms with van der Waals surface area (Å²) < 4.78 is 26.6. The number of hydrogen-bond acceptors (Lipinski definition) is 1. The number of halogens is 2. The second kappa shape index (κ2) is 5.39. The molecule has 1 aromatic carbocycles. The van der Waals surface area contributed by atoms with E-state index >= 15 is 0 Å². The lowest BCUT2D eigenvalue weighted by molar-refractivity contribution is 0.0904. The first-order valence-corrected chi connectivity index (χ1v) is 5.54. The lowest BCUT2D eigenvalue weighted by Crippen LogP contribution is -2.25. The summed E-state index contributed by atoms with van der Waals surface area (Å²) in [5.41, 5.74) is -0.0255. The summed E-state index contributed by atoms with van der Waals surface area (Å²) in [4.78, 5) is 0. The minimum atomic E-state index is -0.716. The van der Waals surface area contributed by atoms with E-state index in [4.69, 9.17) is 0 Å². The molecule has 0 fully saturated rings. The minimum absolute atomic E-state index is 0.0130. The molecule has 2 unspecified atom stereocenters. The van der Waals surface area contributed by atoms with Gasteiger partial charge in [-0.15, -0.1) is 0 Å². The summed E-state index contributed by atoms with van der Waals surface area (Å²) in [6, 6.07) is 3.75. The Morgan fingerprint density at radius 3 is 2.06 bits per heavy atom. The molecule has 1 rings (SSSR count). The first kappa shape index (κ1) is 13.1. The summed E-state index contributed by atoms with van der Waals surface area (Å²) in [5.74, 6) is -0.881. The number of aliphatic hydroxyl groups is 1. The maximum atomic E-state index is 13.3. The van der Waals surface area contributed by atoms with E-state index in [1.165, 1.54) is 18.2 Å². The van der Waals surface area contributed by atoms with Crippen LogP contribution in [0.1, 0.15) is 26.3 Å². The molecule has 1 aromatic rings. The van der Waals surface area contributed by atoms with Crippen LogP contribution in [0.3, 0.4) is 0 Å². The van der Waals surface area contributed by atoms with E-state index in [0.717, 1.165) is 0 Å². The fourth-order valence-corrected chi connectivity index (χ4v) is 1.57. The highest BCUT2D eigenvalue weighted by Gasteiger charge is 2.21. The Labute approximate surface area is 95.1 Å². The Bertz CT molecular complexity index is 330. The molecule has 0 heterocycles. The van der Waals surface area contributed by atoms with E-state index in [2.05, 4.69) is 0 Å². The van der Waals surface area contributed by atoms with E-state index in [0.29, 0.717) is 0 Å². The van der Waals surface area contributed by atoms with Crippen molar-refractivity contribution in [3.63, 3.8) is 0 Å². The van der Waals surface area contributed by atoms with Crippen molar-refractivity contribution in [3.05, 3.63) is 35.4 Å². The van der Waals surface area contributed by atoms with Crippen LogP contribution in [-0.2, 0) is 6.42 Å². The maximum Gasteiger partial charge on any atom is 0.129 e. The molecular formula is C13H18F2O. The highest BCUT2D eigenvalue weighted by atomic mass is 19.1. The second-order valence-corrected chi connectivity index (χ2v) is 4.57. The van der Waals surface area contributed by atoms with Crippen molar-refractivity contribution < 1.29 is 13.9 Å². The molecule has 0 saturated carbocycles. The van der Waals surface area contributed by atoms with E-state index in [-0.39, 0.29) is 23.8 Å². The van der Waals surface area contributed by atoms with Gasteiger partial charge in [-0.25, -0.2) is 8.78 Å². The summed E-state index contributed by atoms with van der Waals surface area (Å²) in [6.45, 7) is 5.84. The average Bonchev–Trinajstić information content (AvgIpc) is 2.22. The minimum Gasteiger partial charge on any atom is -0.392 e. The van der Waals surface area contributed by atoms with E-state index in [1.807, 2.05) is 20.8 Å².